The molecule has 0 unspecified atom stereocenters. The van der Waals surface area contributed by atoms with Crippen LogP contribution < -0.4 is 15.4 Å². The maximum absolute atomic E-state index is 5.58. The highest BCUT2D eigenvalue weighted by atomic mass is 16.5. The summed E-state index contributed by atoms with van der Waals surface area (Å²) in [7, 11) is 3.46. The molecule has 0 amide bonds. The van der Waals surface area contributed by atoms with Gasteiger partial charge in [0.1, 0.15) is 0 Å². The van der Waals surface area contributed by atoms with Gasteiger partial charge in [0.25, 0.3) is 0 Å². The van der Waals surface area contributed by atoms with Gasteiger partial charge in [-0.25, -0.2) is 4.98 Å². The molecule has 7 heteroatoms. The molecule has 0 radical (unpaired) electrons. The van der Waals surface area contributed by atoms with E-state index in [2.05, 4.69) is 25.5 Å². The molecule has 0 atom stereocenters. The van der Waals surface area contributed by atoms with Crippen molar-refractivity contribution in [1.29, 1.82) is 0 Å². The first-order valence-electron chi connectivity index (χ1n) is 10.0. The summed E-state index contributed by atoms with van der Waals surface area (Å²) >= 11 is 0. The molecule has 2 fully saturated rings. The van der Waals surface area contributed by atoms with E-state index in [-0.39, 0.29) is 5.54 Å². The van der Waals surface area contributed by atoms with E-state index in [1.54, 1.807) is 13.3 Å². The predicted octanol–water partition coefficient (Wildman–Crippen LogP) is 1.79. The van der Waals surface area contributed by atoms with Crippen LogP contribution in [-0.2, 0) is 11.3 Å². The van der Waals surface area contributed by atoms with Crippen molar-refractivity contribution in [3.8, 4) is 5.88 Å². The lowest BCUT2D eigenvalue weighted by molar-refractivity contribution is -0.0352. The van der Waals surface area contributed by atoms with Crippen molar-refractivity contribution in [3.05, 3.63) is 23.9 Å². The van der Waals surface area contributed by atoms with Crippen LogP contribution in [0.25, 0.3) is 0 Å². The summed E-state index contributed by atoms with van der Waals surface area (Å²) in [5.74, 6) is 1.47. The molecule has 150 valence electrons. The minimum absolute atomic E-state index is 0.222. The third kappa shape index (κ3) is 5.32. The Labute approximate surface area is 162 Å². The zero-order valence-corrected chi connectivity index (χ0v) is 16.7. The van der Waals surface area contributed by atoms with Gasteiger partial charge in [-0.15, -0.1) is 0 Å². The maximum atomic E-state index is 5.58. The van der Waals surface area contributed by atoms with E-state index < -0.39 is 0 Å². The van der Waals surface area contributed by atoms with Gasteiger partial charge in [0, 0.05) is 51.0 Å². The molecular weight excluding hydrogens is 342 g/mol. The molecule has 7 nitrogen and oxygen atoms in total. The number of hydrogen-bond donors (Lipinski definition) is 2. The number of aliphatic imine (C=N–C) groups is 1. The molecule has 1 aromatic rings. The number of rotatable bonds is 6. The highest BCUT2D eigenvalue weighted by Gasteiger charge is 2.38. The van der Waals surface area contributed by atoms with Gasteiger partial charge in [-0.05, 0) is 24.5 Å². The van der Waals surface area contributed by atoms with E-state index in [0.29, 0.717) is 12.4 Å². The number of pyridine rings is 1. The minimum atomic E-state index is 0.222. The fourth-order valence-electron chi connectivity index (χ4n) is 4.18. The standard InChI is InChI=1S/C20H33N5O2/c1-21-19(23-15-17-6-9-22-18(14-17)26-2)24-16-20(7-4-3-5-8-20)25-10-12-27-13-11-25/h6,9,14H,3-5,7-8,10-13,15-16H2,1-2H3,(H2,21,23,24). The first-order chi connectivity index (χ1) is 13.3. The molecule has 27 heavy (non-hydrogen) atoms. The first kappa shape index (κ1) is 19.9. The average molecular weight is 376 g/mol. The summed E-state index contributed by atoms with van der Waals surface area (Å²) < 4.78 is 10.8. The van der Waals surface area contributed by atoms with Gasteiger partial charge in [0.15, 0.2) is 5.96 Å². The van der Waals surface area contributed by atoms with Gasteiger partial charge < -0.3 is 20.1 Å². The number of nitrogens with one attached hydrogen (secondary N) is 2. The van der Waals surface area contributed by atoms with E-state index in [1.165, 1.54) is 32.1 Å². The van der Waals surface area contributed by atoms with E-state index in [4.69, 9.17) is 9.47 Å². The smallest absolute Gasteiger partial charge is 0.213 e. The van der Waals surface area contributed by atoms with Crippen molar-refractivity contribution in [3.63, 3.8) is 0 Å². The fraction of sp³-hybridized carbons (Fsp3) is 0.700. The van der Waals surface area contributed by atoms with E-state index >= 15 is 0 Å². The van der Waals surface area contributed by atoms with Gasteiger partial charge in [-0.1, -0.05) is 19.3 Å². The lowest BCUT2D eigenvalue weighted by atomic mass is 9.80. The molecule has 1 aliphatic heterocycles. The Kier molecular flexibility index (Phi) is 7.29. The SMILES string of the molecule is CN=C(NCc1ccnc(OC)c1)NCC1(N2CCOCC2)CCCCC1. The first-order valence-corrected chi connectivity index (χ1v) is 10.0. The highest BCUT2D eigenvalue weighted by Crippen LogP contribution is 2.33. The Morgan fingerprint density at radius 1 is 1.26 bits per heavy atom. The van der Waals surface area contributed by atoms with E-state index in [1.807, 2.05) is 19.2 Å². The van der Waals surface area contributed by atoms with Crippen LogP contribution in [0.4, 0.5) is 0 Å². The van der Waals surface area contributed by atoms with Crippen LogP contribution in [0.5, 0.6) is 5.88 Å². The Balaban J connectivity index is 1.57. The Bertz CT molecular complexity index is 610. The topological polar surface area (TPSA) is 71.0 Å². The van der Waals surface area contributed by atoms with E-state index in [9.17, 15) is 0 Å². The summed E-state index contributed by atoms with van der Waals surface area (Å²) in [6.07, 6.45) is 8.23. The van der Waals surface area contributed by atoms with Crippen LogP contribution in [0.2, 0.25) is 0 Å². The second-order valence-electron chi connectivity index (χ2n) is 7.37. The molecule has 2 heterocycles. The fourth-order valence-corrected chi connectivity index (χ4v) is 4.18. The van der Waals surface area contributed by atoms with Crippen LogP contribution >= 0.6 is 0 Å². The molecule has 1 aliphatic carbocycles. The minimum Gasteiger partial charge on any atom is -0.481 e. The highest BCUT2D eigenvalue weighted by molar-refractivity contribution is 5.79. The number of morpholine rings is 1. The molecule has 0 aromatic carbocycles. The third-order valence-corrected chi connectivity index (χ3v) is 5.74. The Hall–Kier alpha value is -1.86. The van der Waals surface area contributed by atoms with Crippen molar-refractivity contribution in [2.75, 3.05) is 47.0 Å². The van der Waals surface area contributed by atoms with Gasteiger partial charge in [-0.3, -0.25) is 9.89 Å². The lowest BCUT2D eigenvalue weighted by Crippen LogP contribution is -2.60. The monoisotopic (exact) mass is 375 g/mol. The van der Waals surface area contributed by atoms with Crippen molar-refractivity contribution < 1.29 is 9.47 Å². The van der Waals surface area contributed by atoms with Gasteiger partial charge >= 0.3 is 0 Å². The van der Waals surface area contributed by atoms with Crippen LogP contribution in [-0.4, -0.2) is 68.4 Å². The summed E-state index contributed by atoms with van der Waals surface area (Å²) in [6, 6.07) is 3.93. The normalized spacial score (nSPS) is 20.9. The lowest BCUT2D eigenvalue weighted by Gasteiger charge is -2.48. The number of aromatic nitrogens is 1. The number of guanidine groups is 1. The summed E-state index contributed by atoms with van der Waals surface area (Å²) in [4.78, 5) is 11.2. The van der Waals surface area contributed by atoms with Gasteiger partial charge in [-0.2, -0.15) is 0 Å². The second-order valence-corrected chi connectivity index (χ2v) is 7.37. The molecule has 2 N–H and O–H groups in total. The molecular formula is C20H33N5O2. The van der Waals surface area contributed by atoms with Crippen LogP contribution in [0.1, 0.15) is 37.7 Å². The number of nitrogens with zero attached hydrogens (tertiary/aromatic N) is 3. The van der Waals surface area contributed by atoms with E-state index in [0.717, 1.165) is 44.4 Å². The summed E-state index contributed by atoms with van der Waals surface area (Å²) in [5.41, 5.74) is 1.34. The van der Waals surface area contributed by atoms with Crippen molar-refractivity contribution in [1.82, 2.24) is 20.5 Å². The Morgan fingerprint density at radius 3 is 2.74 bits per heavy atom. The third-order valence-electron chi connectivity index (χ3n) is 5.74. The predicted molar refractivity (Wildman–Crippen MR) is 107 cm³/mol. The largest absolute Gasteiger partial charge is 0.481 e. The number of ether oxygens (including phenoxy) is 2. The summed E-state index contributed by atoms with van der Waals surface area (Å²) in [5, 5.41) is 6.99. The van der Waals surface area contributed by atoms with Crippen molar-refractivity contribution in [2.24, 2.45) is 4.99 Å². The van der Waals surface area contributed by atoms with Crippen molar-refractivity contribution in [2.45, 2.75) is 44.2 Å². The van der Waals surface area contributed by atoms with Crippen molar-refractivity contribution >= 4 is 5.96 Å². The van der Waals surface area contributed by atoms with Gasteiger partial charge in [0.05, 0.1) is 20.3 Å². The quantitative estimate of drug-likeness (QED) is 0.584. The molecule has 1 aromatic heterocycles. The molecule has 1 saturated carbocycles. The zero-order valence-electron chi connectivity index (χ0n) is 16.7. The maximum Gasteiger partial charge on any atom is 0.213 e. The number of methoxy groups -OCH3 is 1. The molecule has 3 rings (SSSR count). The van der Waals surface area contributed by atoms with Crippen LogP contribution in [0.3, 0.4) is 0 Å². The molecule has 0 bridgehead atoms. The second kappa shape index (κ2) is 9.90. The van der Waals surface area contributed by atoms with Gasteiger partial charge in [0.2, 0.25) is 5.88 Å². The number of hydrogen-bond acceptors (Lipinski definition) is 5. The zero-order chi connectivity index (χ0) is 19.0. The average Bonchev–Trinajstić information content (AvgIpc) is 2.75. The summed E-state index contributed by atoms with van der Waals surface area (Å²) in [6.45, 7) is 5.36. The van der Waals surface area contributed by atoms with Crippen LogP contribution in [0, 0.1) is 0 Å². The van der Waals surface area contributed by atoms with Crippen LogP contribution in [0.15, 0.2) is 23.3 Å². The molecule has 2 aliphatic rings. The molecule has 0 spiro atoms. The Morgan fingerprint density at radius 2 is 2.04 bits per heavy atom. The molecule has 1 saturated heterocycles.